The molecule has 0 spiro atoms. The molecule has 1 fully saturated rings. The van der Waals surface area contributed by atoms with Crippen molar-refractivity contribution >= 4 is 17.7 Å². The van der Waals surface area contributed by atoms with Gasteiger partial charge in [0.1, 0.15) is 0 Å². The third-order valence-electron chi connectivity index (χ3n) is 5.66. The predicted octanol–water partition coefficient (Wildman–Crippen LogP) is 4.18. The summed E-state index contributed by atoms with van der Waals surface area (Å²) in [6, 6.07) is 18.9. The van der Waals surface area contributed by atoms with Gasteiger partial charge in [0.25, 0.3) is 0 Å². The summed E-state index contributed by atoms with van der Waals surface area (Å²) < 4.78 is 0. The van der Waals surface area contributed by atoms with E-state index >= 15 is 0 Å². The van der Waals surface area contributed by atoms with E-state index in [4.69, 9.17) is 0 Å². The fourth-order valence-corrected chi connectivity index (χ4v) is 4.35. The number of hydrogen-bond donors (Lipinski definition) is 1. The van der Waals surface area contributed by atoms with Gasteiger partial charge in [0.15, 0.2) is 0 Å². The number of benzene rings is 2. The molecule has 1 aliphatic rings. The summed E-state index contributed by atoms with van der Waals surface area (Å²) in [5.74, 6) is 0.517. The first kappa shape index (κ1) is 22.9. The Labute approximate surface area is 186 Å². The van der Waals surface area contributed by atoms with Crippen molar-refractivity contribution in [2.24, 2.45) is 0 Å². The summed E-state index contributed by atoms with van der Waals surface area (Å²) >= 11 is 1.60. The molecule has 1 N–H and O–H groups in total. The molecule has 3 rings (SSSR count). The van der Waals surface area contributed by atoms with Gasteiger partial charge in [-0.3, -0.25) is 9.69 Å². The zero-order chi connectivity index (χ0) is 21.6. The number of likely N-dealkylation sites (N-methyl/N-ethyl adjacent to an activating group) is 1. The lowest BCUT2D eigenvalue weighted by Crippen LogP contribution is -2.48. The maximum absolute atomic E-state index is 12.8. The minimum absolute atomic E-state index is 0.0194. The monoisotopic (exact) mass is 425 g/mol. The van der Waals surface area contributed by atoms with Crippen LogP contribution >= 0.6 is 11.8 Å². The first-order valence-electron chi connectivity index (χ1n) is 10.8. The number of thioether (sulfide) groups is 1. The minimum atomic E-state index is 0.0194. The highest BCUT2D eigenvalue weighted by Gasteiger charge is 2.21. The van der Waals surface area contributed by atoms with Crippen LogP contribution in [0, 0.1) is 0 Å². The van der Waals surface area contributed by atoms with E-state index in [1.165, 1.54) is 11.1 Å². The van der Waals surface area contributed by atoms with Gasteiger partial charge in [-0.05, 0) is 35.7 Å². The van der Waals surface area contributed by atoms with Gasteiger partial charge in [-0.1, -0.05) is 63.2 Å². The molecule has 0 saturated carbocycles. The molecule has 2 aromatic carbocycles. The minimum Gasteiger partial charge on any atom is -0.347 e. The number of nitrogens with one attached hydrogen (secondary N) is 1. The van der Waals surface area contributed by atoms with Gasteiger partial charge in [0, 0.05) is 37.6 Å². The van der Waals surface area contributed by atoms with E-state index in [2.05, 4.69) is 79.3 Å². The summed E-state index contributed by atoms with van der Waals surface area (Å²) in [4.78, 5) is 18.7. The molecule has 30 heavy (non-hydrogen) atoms. The van der Waals surface area contributed by atoms with Crippen molar-refractivity contribution in [1.82, 2.24) is 15.1 Å². The van der Waals surface area contributed by atoms with Crippen LogP contribution in [0.3, 0.4) is 0 Å². The van der Waals surface area contributed by atoms with Crippen LogP contribution in [0.4, 0.5) is 0 Å². The zero-order valence-electron chi connectivity index (χ0n) is 18.7. The maximum Gasteiger partial charge on any atom is 0.230 e. The van der Waals surface area contributed by atoms with Crippen LogP contribution in [-0.2, 0) is 10.2 Å². The molecular weight excluding hydrogens is 390 g/mol. The SMILES string of the molecule is CN1CCN(CC(NC(=O)CSc2ccc(C(C)(C)C)cc2)c2ccccc2)CC1. The lowest BCUT2D eigenvalue weighted by Gasteiger charge is -2.35. The van der Waals surface area contributed by atoms with Crippen molar-refractivity contribution < 1.29 is 4.79 Å². The van der Waals surface area contributed by atoms with E-state index in [-0.39, 0.29) is 17.4 Å². The quantitative estimate of drug-likeness (QED) is 0.675. The van der Waals surface area contributed by atoms with Crippen molar-refractivity contribution in [1.29, 1.82) is 0 Å². The van der Waals surface area contributed by atoms with E-state index < -0.39 is 0 Å². The van der Waals surface area contributed by atoms with Crippen LogP contribution < -0.4 is 5.32 Å². The van der Waals surface area contributed by atoms with E-state index in [0.717, 1.165) is 37.6 Å². The molecule has 0 radical (unpaired) electrons. The zero-order valence-corrected chi connectivity index (χ0v) is 19.5. The molecule has 1 atom stereocenters. The summed E-state index contributed by atoms with van der Waals surface area (Å²) in [6.07, 6.45) is 0. The number of piperazine rings is 1. The van der Waals surface area contributed by atoms with E-state index in [0.29, 0.717) is 5.75 Å². The highest BCUT2D eigenvalue weighted by Crippen LogP contribution is 2.26. The Morgan fingerprint density at radius 3 is 2.23 bits per heavy atom. The topological polar surface area (TPSA) is 35.6 Å². The average molecular weight is 426 g/mol. The normalized spacial score (nSPS) is 16.9. The van der Waals surface area contributed by atoms with Crippen LogP contribution in [0.1, 0.15) is 37.9 Å². The largest absolute Gasteiger partial charge is 0.347 e. The Morgan fingerprint density at radius 1 is 1.00 bits per heavy atom. The maximum atomic E-state index is 12.8. The van der Waals surface area contributed by atoms with Gasteiger partial charge in [-0.15, -0.1) is 11.8 Å². The summed E-state index contributed by atoms with van der Waals surface area (Å²) in [5.41, 5.74) is 2.63. The smallest absolute Gasteiger partial charge is 0.230 e. The molecule has 1 saturated heterocycles. The first-order valence-corrected chi connectivity index (χ1v) is 11.8. The van der Waals surface area contributed by atoms with Gasteiger partial charge >= 0.3 is 0 Å². The Balaban J connectivity index is 1.57. The summed E-state index contributed by atoms with van der Waals surface area (Å²) in [6.45, 7) is 11.8. The fourth-order valence-electron chi connectivity index (χ4n) is 3.64. The molecule has 1 unspecified atom stereocenters. The molecule has 1 heterocycles. The van der Waals surface area contributed by atoms with Gasteiger partial charge in [0.05, 0.1) is 11.8 Å². The van der Waals surface area contributed by atoms with Gasteiger partial charge in [-0.2, -0.15) is 0 Å². The second-order valence-corrected chi connectivity index (χ2v) is 10.2. The van der Waals surface area contributed by atoms with Crippen LogP contribution in [0.2, 0.25) is 0 Å². The van der Waals surface area contributed by atoms with Crippen molar-refractivity contribution in [3.05, 3.63) is 65.7 Å². The summed E-state index contributed by atoms with van der Waals surface area (Å²) in [5, 5.41) is 3.28. The number of rotatable bonds is 7. The molecule has 1 amide bonds. The van der Waals surface area contributed by atoms with Crippen molar-refractivity contribution in [3.8, 4) is 0 Å². The number of hydrogen-bond acceptors (Lipinski definition) is 4. The van der Waals surface area contributed by atoms with Crippen molar-refractivity contribution in [3.63, 3.8) is 0 Å². The Morgan fingerprint density at radius 2 is 1.63 bits per heavy atom. The number of amides is 1. The third kappa shape index (κ3) is 6.86. The van der Waals surface area contributed by atoms with E-state index in [1.807, 2.05) is 18.2 Å². The predicted molar refractivity (Wildman–Crippen MR) is 127 cm³/mol. The molecule has 0 aromatic heterocycles. The van der Waals surface area contributed by atoms with Crippen LogP contribution in [0.25, 0.3) is 0 Å². The standard InChI is InChI=1S/C25H35N3OS/c1-25(2,3)21-10-12-22(13-11-21)30-19-24(29)26-23(20-8-6-5-7-9-20)18-28-16-14-27(4)15-17-28/h5-13,23H,14-19H2,1-4H3,(H,26,29). The van der Waals surface area contributed by atoms with Gasteiger partial charge < -0.3 is 10.2 Å². The molecule has 2 aromatic rings. The lowest BCUT2D eigenvalue weighted by atomic mass is 9.87. The second-order valence-electron chi connectivity index (χ2n) is 9.20. The van der Waals surface area contributed by atoms with Crippen molar-refractivity contribution in [2.75, 3.05) is 45.5 Å². The van der Waals surface area contributed by atoms with Crippen molar-refractivity contribution in [2.45, 2.75) is 37.1 Å². The van der Waals surface area contributed by atoms with Crippen LogP contribution in [0.15, 0.2) is 59.5 Å². The Bertz CT molecular complexity index is 793. The number of carbonyl (C=O) groups excluding carboxylic acids is 1. The molecule has 0 bridgehead atoms. The highest BCUT2D eigenvalue weighted by atomic mass is 32.2. The van der Waals surface area contributed by atoms with Gasteiger partial charge in [0.2, 0.25) is 5.91 Å². The third-order valence-corrected chi connectivity index (χ3v) is 6.68. The molecular formula is C25H35N3OS. The van der Waals surface area contributed by atoms with E-state index in [9.17, 15) is 4.79 Å². The Kier molecular flexibility index (Phi) is 7.98. The van der Waals surface area contributed by atoms with Gasteiger partial charge in [-0.25, -0.2) is 0 Å². The average Bonchev–Trinajstić information content (AvgIpc) is 2.73. The van der Waals surface area contributed by atoms with Crippen LogP contribution in [0.5, 0.6) is 0 Å². The fraction of sp³-hybridized carbons (Fsp3) is 0.480. The number of nitrogens with zero attached hydrogens (tertiary/aromatic N) is 2. The lowest BCUT2D eigenvalue weighted by molar-refractivity contribution is -0.119. The Hall–Kier alpha value is -1.82. The second kappa shape index (κ2) is 10.5. The molecule has 5 heteroatoms. The van der Waals surface area contributed by atoms with Crippen LogP contribution in [-0.4, -0.2) is 61.2 Å². The highest BCUT2D eigenvalue weighted by molar-refractivity contribution is 8.00. The number of carbonyl (C=O) groups is 1. The molecule has 0 aliphatic carbocycles. The summed E-state index contributed by atoms with van der Waals surface area (Å²) in [7, 11) is 2.17. The molecule has 162 valence electrons. The molecule has 4 nitrogen and oxygen atoms in total. The van der Waals surface area contributed by atoms with E-state index in [1.54, 1.807) is 11.8 Å². The molecule has 1 aliphatic heterocycles. The first-order chi connectivity index (χ1) is 14.3.